The lowest BCUT2D eigenvalue weighted by molar-refractivity contribution is -0.142. The average Bonchev–Trinajstić information content (AvgIpc) is 3.10. The van der Waals surface area contributed by atoms with Crippen LogP contribution in [0.4, 0.5) is 10.5 Å². The number of fused-ring (bicyclic) bond motifs is 3. The average molecular weight is 490 g/mol. The summed E-state index contributed by atoms with van der Waals surface area (Å²) in [4.78, 5) is 26.5. The Labute approximate surface area is 190 Å². The number of hydrogen-bond acceptors (Lipinski definition) is 5. The Morgan fingerprint density at radius 2 is 1.94 bits per heavy atom. The van der Waals surface area contributed by atoms with Crippen LogP contribution in [0.3, 0.4) is 0 Å². The van der Waals surface area contributed by atoms with E-state index in [0.29, 0.717) is 18.7 Å². The fourth-order valence-corrected chi connectivity index (χ4v) is 3.70. The van der Waals surface area contributed by atoms with Gasteiger partial charge in [0, 0.05) is 28.5 Å². The number of halogens is 1. The molecule has 0 bridgehead atoms. The van der Waals surface area contributed by atoms with E-state index in [1.807, 2.05) is 51.1 Å². The Morgan fingerprint density at radius 1 is 1.16 bits per heavy atom. The van der Waals surface area contributed by atoms with Crippen LogP contribution in [-0.4, -0.2) is 36.1 Å². The van der Waals surface area contributed by atoms with Crippen molar-refractivity contribution in [2.24, 2.45) is 0 Å². The summed E-state index contributed by atoms with van der Waals surface area (Å²) >= 11 is 3.44. The molecule has 6 nitrogen and oxygen atoms in total. The number of esters is 1. The van der Waals surface area contributed by atoms with Crippen molar-refractivity contribution in [1.29, 1.82) is 0 Å². The maximum atomic E-state index is 12.8. The van der Waals surface area contributed by atoms with Gasteiger partial charge in [0.15, 0.2) is 0 Å². The number of carbonyl (C=O) groups is 2. The molecule has 1 heterocycles. The number of carbonyl (C=O) groups excluding carboxylic acids is 2. The van der Waals surface area contributed by atoms with Crippen molar-refractivity contribution < 1.29 is 23.5 Å². The van der Waals surface area contributed by atoms with Crippen molar-refractivity contribution in [2.45, 2.75) is 46.1 Å². The first-order valence-electron chi connectivity index (χ1n) is 10.4. The molecule has 0 aliphatic heterocycles. The first kappa shape index (κ1) is 23.1. The van der Waals surface area contributed by atoms with Crippen molar-refractivity contribution in [3.05, 3.63) is 42.2 Å². The number of furan rings is 1. The summed E-state index contributed by atoms with van der Waals surface area (Å²) in [6.45, 7) is 8.23. The van der Waals surface area contributed by atoms with E-state index in [1.54, 1.807) is 18.1 Å². The lowest BCUT2D eigenvalue weighted by Crippen LogP contribution is -2.37. The zero-order chi connectivity index (χ0) is 22.6. The van der Waals surface area contributed by atoms with Gasteiger partial charge in [-0.2, -0.15) is 0 Å². The van der Waals surface area contributed by atoms with Crippen molar-refractivity contribution in [2.75, 3.05) is 23.4 Å². The predicted octanol–water partition coefficient (Wildman–Crippen LogP) is 6.22. The highest BCUT2D eigenvalue weighted by Crippen LogP contribution is 2.33. The van der Waals surface area contributed by atoms with Crippen LogP contribution in [0.5, 0.6) is 0 Å². The Hall–Kier alpha value is -2.54. The van der Waals surface area contributed by atoms with Crippen molar-refractivity contribution in [3.63, 3.8) is 0 Å². The Balaban J connectivity index is 2.01. The highest BCUT2D eigenvalue weighted by Gasteiger charge is 2.24. The lowest BCUT2D eigenvalue weighted by atomic mass is 10.0. The molecule has 0 aliphatic rings. The van der Waals surface area contributed by atoms with E-state index >= 15 is 0 Å². The Kier molecular flexibility index (Phi) is 7.26. The maximum absolute atomic E-state index is 12.8. The van der Waals surface area contributed by atoms with Gasteiger partial charge in [0.1, 0.15) is 11.2 Å². The number of ether oxygens (including phenoxy) is 2. The molecule has 0 atom stereocenters. The minimum Gasteiger partial charge on any atom is -0.466 e. The highest BCUT2D eigenvalue weighted by atomic mass is 79.9. The van der Waals surface area contributed by atoms with Gasteiger partial charge in [-0.3, -0.25) is 9.69 Å². The van der Waals surface area contributed by atoms with E-state index in [1.165, 1.54) is 0 Å². The molecule has 166 valence electrons. The van der Waals surface area contributed by atoms with Gasteiger partial charge < -0.3 is 13.9 Å². The van der Waals surface area contributed by atoms with Crippen LogP contribution in [0.2, 0.25) is 0 Å². The molecule has 0 aliphatic carbocycles. The zero-order valence-corrected chi connectivity index (χ0v) is 20.0. The van der Waals surface area contributed by atoms with Crippen molar-refractivity contribution >= 4 is 55.4 Å². The minimum absolute atomic E-state index is 0.150. The van der Waals surface area contributed by atoms with Gasteiger partial charge in [-0.05, 0) is 63.1 Å². The summed E-state index contributed by atoms with van der Waals surface area (Å²) in [5.74, 6) is -0.287. The fraction of sp³-hybridized carbons (Fsp3) is 0.417. The largest absolute Gasteiger partial charge is 0.466 e. The standard InChI is InChI=1S/C24H28BrNO5/c1-5-29-21(27)14-17-15-30-20-10-7-16-13-18(8-9-19(16)22(17)20)26(12-6-11-25)23(28)31-24(2,3)4/h7-10,13,15H,5-6,11-12,14H2,1-4H3. The number of nitrogens with zero attached hydrogens (tertiary/aromatic N) is 1. The van der Waals surface area contributed by atoms with Crippen molar-refractivity contribution in [1.82, 2.24) is 0 Å². The molecule has 1 amide bonds. The smallest absolute Gasteiger partial charge is 0.414 e. The highest BCUT2D eigenvalue weighted by molar-refractivity contribution is 9.09. The molecule has 0 unspecified atom stereocenters. The van der Waals surface area contributed by atoms with Crippen LogP contribution < -0.4 is 4.90 Å². The van der Waals surface area contributed by atoms with E-state index in [4.69, 9.17) is 13.9 Å². The monoisotopic (exact) mass is 489 g/mol. The maximum Gasteiger partial charge on any atom is 0.414 e. The molecule has 1 aromatic heterocycles. The van der Waals surface area contributed by atoms with E-state index in [0.717, 1.165) is 39.2 Å². The lowest BCUT2D eigenvalue weighted by Gasteiger charge is -2.27. The Morgan fingerprint density at radius 3 is 2.61 bits per heavy atom. The second-order valence-electron chi connectivity index (χ2n) is 8.26. The number of benzene rings is 2. The van der Waals surface area contributed by atoms with Crippen LogP contribution in [0.15, 0.2) is 41.0 Å². The van der Waals surface area contributed by atoms with E-state index < -0.39 is 5.60 Å². The number of anilines is 1. The molecule has 0 N–H and O–H groups in total. The molecule has 0 fully saturated rings. The third-order valence-electron chi connectivity index (χ3n) is 4.70. The quantitative estimate of drug-likeness (QED) is 0.291. The molecule has 0 radical (unpaired) electrons. The summed E-state index contributed by atoms with van der Waals surface area (Å²) < 4.78 is 16.4. The molecule has 3 rings (SSSR count). The summed E-state index contributed by atoms with van der Waals surface area (Å²) in [6, 6.07) is 9.67. The van der Waals surface area contributed by atoms with Gasteiger partial charge in [-0.25, -0.2) is 4.79 Å². The summed E-state index contributed by atoms with van der Waals surface area (Å²) in [6.07, 6.45) is 2.18. The topological polar surface area (TPSA) is 69.0 Å². The van der Waals surface area contributed by atoms with Gasteiger partial charge in [0.05, 0.1) is 19.3 Å². The number of rotatable bonds is 7. The molecule has 0 saturated carbocycles. The van der Waals surface area contributed by atoms with E-state index in [2.05, 4.69) is 15.9 Å². The second-order valence-corrected chi connectivity index (χ2v) is 9.05. The van der Waals surface area contributed by atoms with Crippen LogP contribution >= 0.6 is 15.9 Å². The number of alkyl halides is 1. The second kappa shape index (κ2) is 9.73. The summed E-state index contributed by atoms with van der Waals surface area (Å²) in [5.41, 5.74) is 1.68. The fourth-order valence-electron chi connectivity index (χ4n) is 3.45. The zero-order valence-electron chi connectivity index (χ0n) is 18.4. The van der Waals surface area contributed by atoms with Crippen molar-refractivity contribution in [3.8, 4) is 0 Å². The summed E-state index contributed by atoms with van der Waals surface area (Å²) in [7, 11) is 0. The molecule has 31 heavy (non-hydrogen) atoms. The minimum atomic E-state index is -0.578. The van der Waals surface area contributed by atoms with Gasteiger partial charge in [-0.1, -0.05) is 28.1 Å². The molecule has 2 aromatic carbocycles. The number of hydrogen-bond donors (Lipinski definition) is 0. The third-order valence-corrected chi connectivity index (χ3v) is 5.26. The van der Waals surface area contributed by atoms with Gasteiger partial charge >= 0.3 is 12.1 Å². The van der Waals surface area contributed by atoms with E-state index in [9.17, 15) is 9.59 Å². The number of amides is 1. The van der Waals surface area contributed by atoms with Crippen LogP contribution in [-0.2, 0) is 20.7 Å². The first-order chi connectivity index (χ1) is 14.7. The third kappa shape index (κ3) is 5.58. The van der Waals surface area contributed by atoms with Gasteiger partial charge in [0.2, 0.25) is 0 Å². The molecular weight excluding hydrogens is 462 g/mol. The van der Waals surface area contributed by atoms with Crippen LogP contribution in [0.25, 0.3) is 21.7 Å². The van der Waals surface area contributed by atoms with Crippen LogP contribution in [0, 0.1) is 0 Å². The van der Waals surface area contributed by atoms with Gasteiger partial charge in [0.25, 0.3) is 0 Å². The van der Waals surface area contributed by atoms with E-state index in [-0.39, 0.29) is 18.5 Å². The van der Waals surface area contributed by atoms with Gasteiger partial charge in [-0.15, -0.1) is 0 Å². The normalized spacial score (nSPS) is 11.6. The first-order valence-corrected chi connectivity index (χ1v) is 11.5. The van der Waals surface area contributed by atoms with Crippen LogP contribution in [0.1, 0.15) is 39.7 Å². The molecule has 7 heteroatoms. The molecule has 0 saturated heterocycles. The molecule has 0 spiro atoms. The Bertz CT molecular complexity index is 1080. The molecule has 3 aromatic rings. The molecular formula is C24H28BrNO5. The SMILES string of the molecule is CCOC(=O)Cc1coc2ccc3cc(N(CCCBr)C(=O)OC(C)(C)C)ccc3c12. The predicted molar refractivity (Wildman–Crippen MR) is 126 cm³/mol. The summed E-state index contributed by atoms with van der Waals surface area (Å²) in [5, 5.41) is 3.58.